The van der Waals surface area contributed by atoms with Crippen LogP contribution < -0.4 is 4.98 Å². The summed E-state index contributed by atoms with van der Waals surface area (Å²) >= 11 is 0. The second-order valence-electron chi connectivity index (χ2n) is 7.88. The third-order valence-corrected chi connectivity index (χ3v) is 7.38. The van der Waals surface area contributed by atoms with Crippen molar-refractivity contribution in [1.29, 1.82) is 0 Å². The minimum atomic E-state index is -1.74. The molecule has 0 spiro atoms. The van der Waals surface area contributed by atoms with Crippen LogP contribution in [0.3, 0.4) is 0 Å². The Balaban J connectivity index is 1.91. The summed E-state index contributed by atoms with van der Waals surface area (Å²) in [5.74, 6) is 4.12. The Labute approximate surface area is 143 Å². The van der Waals surface area contributed by atoms with Crippen LogP contribution >= 0.6 is 0 Å². The predicted molar refractivity (Wildman–Crippen MR) is 101 cm³/mol. The minimum absolute atomic E-state index is 0.126. The number of hydrogen-bond acceptors (Lipinski definition) is 1. The van der Waals surface area contributed by atoms with Gasteiger partial charge in [-0.3, -0.25) is 0 Å². The van der Waals surface area contributed by atoms with Gasteiger partial charge in [0.2, 0.25) is 0 Å². The summed E-state index contributed by atoms with van der Waals surface area (Å²) in [6.45, 7) is 11.6. The molecule has 1 aromatic rings. The van der Waals surface area contributed by atoms with E-state index in [9.17, 15) is 0 Å². The maximum absolute atomic E-state index is 3.91. The first-order valence-corrected chi connectivity index (χ1v) is 11.3. The molecule has 2 aliphatic rings. The molecule has 1 fully saturated rings. The molecular weight excluding hydrogens is 294 g/mol. The van der Waals surface area contributed by atoms with Crippen LogP contribution in [0.4, 0.5) is 0 Å². The molecule has 2 heteroatoms. The fourth-order valence-corrected chi connectivity index (χ4v) is 7.04. The standard InChI is InChI=1S/C21H26NSi/c1-21(2,3)22-23(4,5)20-15-19(16-11-7-6-8-12-16)17-13-9-10-14-18(17)20/h6-15,22H,1-5H3. The normalized spacial score (nSPS) is 21.1. The Bertz CT molecular complexity index is 594. The largest absolute Gasteiger partial charge is 0.332 e. The number of hydrogen-bond donors (Lipinski definition) is 1. The highest BCUT2D eigenvalue weighted by atomic mass is 28.3. The Hall–Kier alpha value is -1.12. The zero-order chi connectivity index (χ0) is 16.7. The van der Waals surface area contributed by atoms with E-state index < -0.39 is 8.24 Å². The van der Waals surface area contributed by atoms with Crippen LogP contribution in [0.25, 0.3) is 0 Å². The highest BCUT2D eigenvalue weighted by Gasteiger charge is 2.51. The van der Waals surface area contributed by atoms with E-state index in [1.807, 2.05) is 0 Å². The molecule has 0 unspecified atom stereocenters. The van der Waals surface area contributed by atoms with Crippen molar-refractivity contribution in [1.82, 2.24) is 4.98 Å². The van der Waals surface area contributed by atoms with Gasteiger partial charge in [-0.15, -0.1) is 0 Å². The summed E-state index contributed by atoms with van der Waals surface area (Å²) in [6.07, 6.45) is 11.2. The van der Waals surface area contributed by atoms with Crippen molar-refractivity contribution in [3.05, 3.63) is 89.9 Å². The minimum Gasteiger partial charge on any atom is -0.332 e. The van der Waals surface area contributed by atoms with Crippen LogP contribution in [0.2, 0.25) is 13.1 Å². The Morgan fingerprint density at radius 1 is 0.826 bits per heavy atom. The molecule has 0 atom stereocenters. The van der Waals surface area contributed by atoms with Crippen molar-refractivity contribution in [2.45, 2.75) is 39.4 Å². The fraction of sp³-hybridized carbons (Fsp3) is 0.286. The first kappa shape index (κ1) is 16.7. The third kappa shape index (κ3) is 3.53. The molecule has 1 N–H and O–H groups in total. The van der Waals surface area contributed by atoms with E-state index in [-0.39, 0.29) is 5.54 Å². The molecule has 0 aromatic heterocycles. The van der Waals surface area contributed by atoms with E-state index in [1.54, 1.807) is 0 Å². The average molecular weight is 321 g/mol. The van der Waals surface area contributed by atoms with Crippen molar-refractivity contribution < 1.29 is 0 Å². The lowest BCUT2D eigenvalue weighted by Gasteiger charge is -2.39. The highest BCUT2D eigenvalue weighted by molar-refractivity contribution is 6.82. The van der Waals surface area contributed by atoms with Gasteiger partial charge in [-0.2, -0.15) is 0 Å². The van der Waals surface area contributed by atoms with Crippen molar-refractivity contribution in [3.8, 4) is 0 Å². The van der Waals surface area contributed by atoms with E-state index in [4.69, 9.17) is 0 Å². The van der Waals surface area contributed by atoms with Gasteiger partial charge in [0.25, 0.3) is 0 Å². The van der Waals surface area contributed by atoms with E-state index in [1.165, 1.54) is 28.9 Å². The number of benzene rings is 1. The van der Waals surface area contributed by atoms with Gasteiger partial charge in [0.15, 0.2) is 0 Å². The zero-order valence-corrected chi connectivity index (χ0v) is 15.8. The van der Waals surface area contributed by atoms with Gasteiger partial charge in [0, 0.05) is 23.3 Å². The first-order valence-electron chi connectivity index (χ1n) is 8.32. The van der Waals surface area contributed by atoms with Crippen LogP contribution in [0.15, 0.2) is 54.6 Å². The summed E-state index contributed by atoms with van der Waals surface area (Å²) in [7, 11) is -1.74. The van der Waals surface area contributed by atoms with Crippen LogP contribution in [-0.4, -0.2) is 13.8 Å². The Morgan fingerprint density at radius 2 is 1.43 bits per heavy atom. The molecule has 0 heterocycles. The van der Waals surface area contributed by atoms with Crippen LogP contribution in [0.1, 0.15) is 26.3 Å². The third-order valence-electron chi connectivity index (χ3n) is 4.24. The van der Waals surface area contributed by atoms with E-state index in [0.29, 0.717) is 0 Å². The summed E-state index contributed by atoms with van der Waals surface area (Å²) in [6, 6.07) is 10.7. The number of fused-ring (bicyclic) bond motifs is 1. The van der Waals surface area contributed by atoms with Gasteiger partial charge >= 0.3 is 0 Å². The molecule has 119 valence electrons. The first-order chi connectivity index (χ1) is 10.8. The smallest absolute Gasteiger partial charge is 0.127 e. The summed E-state index contributed by atoms with van der Waals surface area (Å²) in [5.41, 5.74) is 2.93. The molecule has 1 nitrogen and oxygen atoms in total. The lowest BCUT2D eigenvalue weighted by molar-refractivity contribution is 0.512. The predicted octanol–water partition coefficient (Wildman–Crippen LogP) is 4.81. The average Bonchev–Trinajstić information content (AvgIpc) is 2.86. The molecule has 3 rings (SSSR count). The second-order valence-corrected chi connectivity index (χ2v) is 11.9. The van der Waals surface area contributed by atoms with Crippen molar-refractivity contribution >= 4 is 8.24 Å². The lowest BCUT2D eigenvalue weighted by Crippen LogP contribution is -2.58. The molecular formula is C21H26NSi. The highest BCUT2D eigenvalue weighted by Crippen LogP contribution is 2.54. The molecule has 0 saturated heterocycles. The maximum atomic E-state index is 3.91. The molecule has 0 aliphatic heterocycles. The zero-order valence-electron chi connectivity index (χ0n) is 14.8. The molecule has 5 radical (unpaired) electrons. The Kier molecular flexibility index (Phi) is 4.41. The summed E-state index contributed by atoms with van der Waals surface area (Å²) < 4.78 is 0. The van der Waals surface area contributed by atoms with Crippen LogP contribution in [0.5, 0.6) is 0 Å². The van der Waals surface area contributed by atoms with Gasteiger partial charge in [-0.1, -0.05) is 67.7 Å². The molecule has 0 bridgehead atoms. The number of allylic oxidation sites excluding steroid dienone is 4. The monoisotopic (exact) mass is 320 g/mol. The van der Waals surface area contributed by atoms with Crippen molar-refractivity contribution in [2.24, 2.45) is 0 Å². The Morgan fingerprint density at radius 3 is 2.04 bits per heavy atom. The summed E-state index contributed by atoms with van der Waals surface area (Å²) in [4.78, 5) is 3.91. The van der Waals surface area contributed by atoms with Gasteiger partial charge in [0.1, 0.15) is 8.24 Å². The van der Waals surface area contributed by atoms with Crippen LogP contribution in [-0.2, 0) is 0 Å². The van der Waals surface area contributed by atoms with Gasteiger partial charge in [-0.05, 0) is 38.3 Å². The summed E-state index contributed by atoms with van der Waals surface area (Å²) in [5, 5.41) is 0. The van der Waals surface area contributed by atoms with E-state index in [0.717, 1.165) is 0 Å². The molecule has 23 heavy (non-hydrogen) atoms. The van der Waals surface area contributed by atoms with Crippen molar-refractivity contribution in [2.75, 3.05) is 0 Å². The van der Waals surface area contributed by atoms with Crippen molar-refractivity contribution in [3.63, 3.8) is 0 Å². The van der Waals surface area contributed by atoms with E-state index in [2.05, 4.69) is 99.9 Å². The van der Waals surface area contributed by atoms with Crippen LogP contribution in [0, 0.1) is 29.7 Å². The number of nitrogens with one attached hydrogen (secondary N) is 1. The topological polar surface area (TPSA) is 12.0 Å². The van der Waals surface area contributed by atoms with Gasteiger partial charge in [0.05, 0.1) is 0 Å². The molecule has 1 saturated carbocycles. The van der Waals surface area contributed by atoms with E-state index >= 15 is 0 Å². The van der Waals surface area contributed by atoms with Gasteiger partial charge < -0.3 is 4.98 Å². The number of rotatable bonds is 3. The fourth-order valence-electron chi connectivity index (χ4n) is 3.63. The molecule has 2 aliphatic carbocycles. The van der Waals surface area contributed by atoms with Gasteiger partial charge in [-0.25, -0.2) is 0 Å². The lowest BCUT2D eigenvalue weighted by atomic mass is 9.83. The SMILES string of the molecule is CC(C)(C)N[Si](C)(C)[C]1[CH][C](c2ccccc2)[C]2C=CC=C[C]21. The second kappa shape index (κ2) is 6.07. The molecule has 1 aromatic carbocycles. The quantitative estimate of drug-likeness (QED) is 0.788. The molecule has 0 amide bonds. The maximum Gasteiger partial charge on any atom is 0.127 e.